The summed E-state index contributed by atoms with van der Waals surface area (Å²) < 4.78 is 0. The number of nitrogens with zero attached hydrogens (tertiary/aromatic N) is 2. The van der Waals surface area contributed by atoms with E-state index >= 15 is 0 Å². The normalized spacial score (nSPS) is 22.1. The molecule has 2 heterocycles. The molecule has 0 unspecified atom stereocenters. The Morgan fingerprint density at radius 2 is 1.40 bits per heavy atom. The predicted octanol–water partition coefficient (Wildman–Crippen LogP) is 2.88. The van der Waals surface area contributed by atoms with Gasteiger partial charge in [0, 0.05) is 26.1 Å². The lowest BCUT2D eigenvalue weighted by atomic mass is 9.84. The Morgan fingerprint density at radius 1 is 0.808 bits per heavy atom. The van der Waals surface area contributed by atoms with Crippen LogP contribution in [0, 0.1) is 11.3 Å². The molecule has 6 amide bonds. The van der Waals surface area contributed by atoms with Gasteiger partial charge >= 0.3 is 0 Å². The van der Waals surface area contributed by atoms with E-state index in [1.165, 1.54) is 42.8 Å². The van der Waals surface area contributed by atoms with Gasteiger partial charge in [-0.05, 0) is 81.6 Å². The molecule has 3 fully saturated rings. The lowest BCUT2D eigenvalue weighted by Crippen LogP contribution is -2.62. The molecule has 3 rings (SSSR count). The van der Waals surface area contributed by atoms with Crippen molar-refractivity contribution in [1.82, 2.24) is 31.1 Å². The molecule has 0 aromatic heterocycles. The summed E-state index contributed by atoms with van der Waals surface area (Å²) in [6, 6.07) is -4.57. The molecule has 3 aliphatic rings. The second kappa shape index (κ2) is 21.1. The van der Waals surface area contributed by atoms with Gasteiger partial charge < -0.3 is 36.2 Å². The third-order valence-corrected chi connectivity index (χ3v) is 11.3. The van der Waals surface area contributed by atoms with Crippen molar-refractivity contribution in [3.05, 3.63) is 0 Å². The molecule has 0 spiro atoms. The highest BCUT2D eigenvalue weighted by Crippen LogP contribution is 2.29. The zero-order valence-electron chi connectivity index (χ0n) is 32.5. The molecule has 14 heteroatoms. The maximum atomic E-state index is 14.2. The molecule has 5 N–H and O–H groups in total. The van der Waals surface area contributed by atoms with Crippen molar-refractivity contribution in [2.45, 2.75) is 161 Å². The molecular weight excluding hydrogens is 685 g/mol. The van der Waals surface area contributed by atoms with E-state index in [-0.39, 0.29) is 11.8 Å². The summed E-state index contributed by atoms with van der Waals surface area (Å²) in [4.78, 5) is 84.7. The fourth-order valence-corrected chi connectivity index (χ4v) is 8.08. The van der Waals surface area contributed by atoms with Gasteiger partial charge in [-0.25, -0.2) is 0 Å². The molecule has 2 saturated heterocycles. The Labute approximate surface area is 315 Å². The summed E-state index contributed by atoms with van der Waals surface area (Å²) in [5.41, 5.74) is -0.595. The minimum atomic E-state index is -1.17. The van der Waals surface area contributed by atoms with Crippen molar-refractivity contribution in [3.63, 3.8) is 0 Å². The molecule has 13 nitrogen and oxygen atoms in total. The van der Waals surface area contributed by atoms with Gasteiger partial charge in [-0.3, -0.25) is 28.8 Å². The lowest BCUT2D eigenvalue weighted by molar-refractivity contribution is -0.148. The van der Waals surface area contributed by atoms with Gasteiger partial charge in [0.05, 0.1) is 6.10 Å². The molecule has 6 atom stereocenters. The zero-order chi connectivity index (χ0) is 38.4. The van der Waals surface area contributed by atoms with Crippen LogP contribution >= 0.6 is 11.8 Å². The van der Waals surface area contributed by atoms with Crippen molar-refractivity contribution in [1.29, 1.82) is 0 Å². The highest BCUT2D eigenvalue weighted by atomic mass is 32.2. The number of carbonyl (C=O) groups is 6. The number of piperidine rings is 1. The van der Waals surface area contributed by atoms with Crippen molar-refractivity contribution < 1.29 is 33.9 Å². The molecule has 0 bridgehead atoms. The number of hydrogen-bond donors (Lipinski definition) is 5. The molecule has 296 valence electrons. The number of amides is 6. The van der Waals surface area contributed by atoms with Gasteiger partial charge in [0.25, 0.3) is 0 Å². The second-order valence-corrected chi connectivity index (χ2v) is 17.0. The molecule has 1 saturated carbocycles. The minimum absolute atomic E-state index is 0.148. The van der Waals surface area contributed by atoms with Crippen LogP contribution in [0.1, 0.15) is 125 Å². The van der Waals surface area contributed by atoms with E-state index in [1.807, 2.05) is 34.0 Å². The number of aliphatic hydroxyl groups excluding tert-OH is 1. The molecule has 0 radical (unpaired) electrons. The largest absolute Gasteiger partial charge is 0.391 e. The van der Waals surface area contributed by atoms with Crippen molar-refractivity contribution >= 4 is 47.2 Å². The molecule has 1 aliphatic carbocycles. The van der Waals surface area contributed by atoms with Crippen LogP contribution in [0.3, 0.4) is 0 Å². The van der Waals surface area contributed by atoms with Gasteiger partial charge in [0.2, 0.25) is 35.4 Å². The van der Waals surface area contributed by atoms with E-state index in [9.17, 15) is 33.9 Å². The minimum Gasteiger partial charge on any atom is -0.391 e. The maximum absolute atomic E-state index is 14.2. The summed E-state index contributed by atoms with van der Waals surface area (Å²) in [6.45, 7) is 10.2. The molecular formula is C38H66N6O7S. The van der Waals surface area contributed by atoms with Crippen LogP contribution in [0.15, 0.2) is 0 Å². The molecule has 52 heavy (non-hydrogen) atoms. The third kappa shape index (κ3) is 12.6. The van der Waals surface area contributed by atoms with Crippen LogP contribution in [0.5, 0.6) is 0 Å². The fraction of sp³-hybridized carbons (Fsp3) is 0.842. The van der Waals surface area contributed by atoms with E-state index in [2.05, 4.69) is 21.3 Å². The van der Waals surface area contributed by atoms with E-state index in [4.69, 9.17) is 0 Å². The summed E-state index contributed by atoms with van der Waals surface area (Å²) >= 11 is 1.53. The predicted molar refractivity (Wildman–Crippen MR) is 203 cm³/mol. The van der Waals surface area contributed by atoms with E-state index in [0.717, 1.165) is 32.1 Å². The average Bonchev–Trinajstić information content (AvgIpc) is 3.62. The van der Waals surface area contributed by atoms with Crippen LogP contribution in [-0.2, 0) is 28.8 Å². The monoisotopic (exact) mass is 750 g/mol. The zero-order valence-corrected chi connectivity index (χ0v) is 33.3. The Hall–Kier alpha value is -2.87. The van der Waals surface area contributed by atoms with Crippen molar-refractivity contribution in [3.8, 4) is 0 Å². The summed E-state index contributed by atoms with van der Waals surface area (Å²) in [5.74, 6) is -1.16. The van der Waals surface area contributed by atoms with Gasteiger partial charge in [-0.1, -0.05) is 59.8 Å². The highest BCUT2D eigenvalue weighted by Gasteiger charge is 2.43. The SMILES string of the molecule is CCCNC(=O)[C@@H](NC(=O)[C@@H]1CCCN1C(=O)[C@H](CCSC)NC(=O)[C@@H]1CCCCN1C(=O)[C@@H](NC(=O)CCC1CCCCC1)C(C)(C)C)[C@@H](C)O. The Kier molecular flexibility index (Phi) is 17.7. The summed E-state index contributed by atoms with van der Waals surface area (Å²) in [5, 5.41) is 21.6. The van der Waals surface area contributed by atoms with Crippen LogP contribution in [-0.4, -0.2) is 118 Å². The Bertz CT molecular complexity index is 1220. The number of hydrogen-bond acceptors (Lipinski definition) is 8. The van der Waals surface area contributed by atoms with Gasteiger partial charge in [0.15, 0.2) is 0 Å². The second-order valence-electron chi connectivity index (χ2n) is 16.0. The van der Waals surface area contributed by atoms with Crippen molar-refractivity contribution in [2.24, 2.45) is 11.3 Å². The Morgan fingerprint density at radius 3 is 2.02 bits per heavy atom. The van der Waals surface area contributed by atoms with Gasteiger partial charge in [-0.15, -0.1) is 0 Å². The van der Waals surface area contributed by atoms with Crippen LogP contribution in [0.25, 0.3) is 0 Å². The standard InChI is InChI=1S/C38H66N6O7S/c1-7-21-39-35(49)31(25(2)45)42-34(48)29-17-13-23-43(29)36(50)27(20-24-52-6)40-33(47)28-16-11-12-22-44(28)37(51)32(38(3,4)5)41-30(46)19-18-26-14-9-8-10-15-26/h25-29,31-32,45H,7-24H2,1-6H3,(H,39,49)(H,40,47)(H,41,46)(H,42,48)/t25-,27+,28+,29+,31+,32-/m1/s1. The molecule has 2 aliphatic heterocycles. The first-order valence-electron chi connectivity index (χ1n) is 19.6. The van der Waals surface area contributed by atoms with Crippen LogP contribution in [0.4, 0.5) is 0 Å². The number of rotatable bonds is 17. The van der Waals surface area contributed by atoms with E-state index < -0.39 is 65.4 Å². The number of likely N-dealkylation sites (tertiary alicyclic amines) is 2. The maximum Gasteiger partial charge on any atom is 0.246 e. The third-order valence-electron chi connectivity index (χ3n) is 10.7. The van der Waals surface area contributed by atoms with Crippen LogP contribution < -0.4 is 21.3 Å². The molecule has 0 aromatic rings. The smallest absolute Gasteiger partial charge is 0.246 e. The number of aliphatic hydroxyl groups is 1. The van der Waals surface area contributed by atoms with Gasteiger partial charge in [-0.2, -0.15) is 11.8 Å². The number of nitrogens with one attached hydrogen (secondary N) is 4. The summed E-state index contributed by atoms with van der Waals surface area (Å²) in [6.07, 6.45) is 11.8. The average molecular weight is 751 g/mol. The number of carbonyl (C=O) groups excluding carboxylic acids is 6. The quantitative estimate of drug-likeness (QED) is 0.151. The fourth-order valence-electron chi connectivity index (χ4n) is 7.60. The van der Waals surface area contributed by atoms with E-state index in [1.54, 1.807) is 4.90 Å². The first-order chi connectivity index (χ1) is 24.7. The Balaban J connectivity index is 1.73. The highest BCUT2D eigenvalue weighted by molar-refractivity contribution is 7.98. The summed E-state index contributed by atoms with van der Waals surface area (Å²) in [7, 11) is 0. The number of thioether (sulfide) groups is 1. The first-order valence-corrected chi connectivity index (χ1v) is 21.0. The van der Waals surface area contributed by atoms with E-state index in [0.29, 0.717) is 69.8 Å². The first kappa shape index (κ1) is 43.5. The lowest BCUT2D eigenvalue weighted by Gasteiger charge is -2.41. The van der Waals surface area contributed by atoms with Crippen molar-refractivity contribution in [2.75, 3.05) is 31.6 Å². The van der Waals surface area contributed by atoms with Crippen LogP contribution in [0.2, 0.25) is 0 Å². The topological polar surface area (TPSA) is 177 Å². The van der Waals surface area contributed by atoms with Gasteiger partial charge in [0.1, 0.15) is 30.2 Å². The molecule has 0 aromatic carbocycles.